The Kier molecular flexibility index (Phi) is 3.33. The summed E-state index contributed by atoms with van der Waals surface area (Å²) in [6.45, 7) is 6.78. The molecule has 1 N–H and O–H groups in total. The SMILES string of the molecule is CCNc1nnc(-c2cc3cc(F)ccc3o2)c(C)c1C. The van der Waals surface area contributed by atoms with Gasteiger partial charge in [-0.2, -0.15) is 0 Å². The van der Waals surface area contributed by atoms with Crippen molar-refractivity contribution in [3.05, 3.63) is 41.2 Å². The highest BCUT2D eigenvalue weighted by atomic mass is 19.1. The molecule has 0 aliphatic rings. The Balaban J connectivity index is 2.12. The highest BCUT2D eigenvalue weighted by Gasteiger charge is 2.15. The highest BCUT2D eigenvalue weighted by Crippen LogP contribution is 2.31. The van der Waals surface area contributed by atoms with Crippen molar-refractivity contribution in [3.63, 3.8) is 0 Å². The Hall–Kier alpha value is -2.43. The van der Waals surface area contributed by atoms with E-state index < -0.39 is 0 Å². The maximum absolute atomic E-state index is 13.3. The number of benzene rings is 1. The van der Waals surface area contributed by atoms with Gasteiger partial charge in [0.1, 0.15) is 17.1 Å². The van der Waals surface area contributed by atoms with Crippen LogP contribution in [0.15, 0.2) is 28.7 Å². The van der Waals surface area contributed by atoms with E-state index >= 15 is 0 Å². The summed E-state index contributed by atoms with van der Waals surface area (Å²) in [5.41, 5.74) is 3.36. The standard InChI is InChI=1S/C16H16FN3O/c1-4-18-16-10(3)9(2)15(19-20-16)14-8-11-7-12(17)5-6-13(11)21-14/h5-8H,4H2,1-3H3,(H,18,20). The van der Waals surface area contributed by atoms with Crippen molar-refractivity contribution < 1.29 is 8.81 Å². The molecule has 21 heavy (non-hydrogen) atoms. The monoisotopic (exact) mass is 285 g/mol. The second-order valence-corrected chi connectivity index (χ2v) is 4.97. The lowest BCUT2D eigenvalue weighted by Gasteiger charge is -2.10. The number of nitrogens with one attached hydrogen (secondary N) is 1. The van der Waals surface area contributed by atoms with Crippen LogP contribution in [0.3, 0.4) is 0 Å². The Morgan fingerprint density at radius 2 is 1.95 bits per heavy atom. The van der Waals surface area contributed by atoms with Gasteiger partial charge in [-0.15, -0.1) is 10.2 Å². The Bertz CT molecular complexity index is 811. The molecule has 108 valence electrons. The van der Waals surface area contributed by atoms with E-state index in [9.17, 15) is 4.39 Å². The van der Waals surface area contributed by atoms with Crippen LogP contribution < -0.4 is 5.32 Å². The molecule has 2 heterocycles. The fourth-order valence-electron chi connectivity index (χ4n) is 2.31. The molecule has 3 aromatic rings. The summed E-state index contributed by atoms with van der Waals surface area (Å²) >= 11 is 0. The van der Waals surface area contributed by atoms with Gasteiger partial charge in [-0.3, -0.25) is 0 Å². The lowest BCUT2D eigenvalue weighted by molar-refractivity contribution is 0.616. The Morgan fingerprint density at radius 3 is 2.71 bits per heavy atom. The first-order valence-corrected chi connectivity index (χ1v) is 6.87. The van der Waals surface area contributed by atoms with E-state index in [0.717, 1.165) is 28.9 Å². The van der Waals surface area contributed by atoms with E-state index in [2.05, 4.69) is 15.5 Å². The third-order valence-electron chi connectivity index (χ3n) is 3.58. The zero-order valence-corrected chi connectivity index (χ0v) is 12.2. The lowest BCUT2D eigenvalue weighted by atomic mass is 10.1. The minimum atomic E-state index is -0.281. The number of furan rings is 1. The number of halogens is 1. The number of hydrogen-bond donors (Lipinski definition) is 1. The number of aromatic nitrogens is 2. The maximum Gasteiger partial charge on any atom is 0.155 e. The van der Waals surface area contributed by atoms with Gasteiger partial charge in [-0.05, 0) is 56.2 Å². The summed E-state index contributed by atoms with van der Waals surface area (Å²) in [6, 6.07) is 6.25. The summed E-state index contributed by atoms with van der Waals surface area (Å²) in [7, 11) is 0. The van der Waals surface area contributed by atoms with Crippen molar-refractivity contribution in [1.29, 1.82) is 0 Å². The molecule has 0 spiro atoms. The minimum absolute atomic E-state index is 0.281. The molecule has 0 saturated carbocycles. The van der Waals surface area contributed by atoms with E-state index in [1.165, 1.54) is 12.1 Å². The topological polar surface area (TPSA) is 51.0 Å². The van der Waals surface area contributed by atoms with E-state index in [1.54, 1.807) is 12.1 Å². The van der Waals surface area contributed by atoms with Gasteiger partial charge >= 0.3 is 0 Å². The molecule has 0 saturated heterocycles. The summed E-state index contributed by atoms with van der Waals surface area (Å²) < 4.78 is 19.0. The van der Waals surface area contributed by atoms with Gasteiger partial charge in [0.05, 0.1) is 0 Å². The quantitative estimate of drug-likeness (QED) is 0.788. The van der Waals surface area contributed by atoms with Gasteiger partial charge in [0, 0.05) is 11.9 Å². The molecular weight excluding hydrogens is 269 g/mol. The fourth-order valence-corrected chi connectivity index (χ4v) is 2.31. The molecular formula is C16H16FN3O. The second-order valence-electron chi connectivity index (χ2n) is 4.97. The summed E-state index contributed by atoms with van der Waals surface area (Å²) in [6.07, 6.45) is 0. The molecule has 0 aliphatic heterocycles. The second kappa shape index (κ2) is 5.16. The van der Waals surface area contributed by atoms with Crippen molar-refractivity contribution in [1.82, 2.24) is 10.2 Å². The highest BCUT2D eigenvalue weighted by molar-refractivity contribution is 5.83. The number of nitrogens with zero attached hydrogens (tertiary/aromatic N) is 2. The van der Waals surface area contributed by atoms with Crippen LogP contribution in [-0.2, 0) is 0 Å². The first-order chi connectivity index (χ1) is 10.1. The lowest BCUT2D eigenvalue weighted by Crippen LogP contribution is -2.05. The van der Waals surface area contributed by atoms with E-state index in [1.807, 2.05) is 20.8 Å². The van der Waals surface area contributed by atoms with Gasteiger partial charge < -0.3 is 9.73 Å². The molecule has 5 heteroatoms. The molecule has 4 nitrogen and oxygen atoms in total. The average Bonchev–Trinajstić information content (AvgIpc) is 2.87. The summed E-state index contributed by atoms with van der Waals surface area (Å²) in [5, 5.41) is 12.3. The largest absolute Gasteiger partial charge is 0.454 e. The van der Waals surface area contributed by atoms with E-state index in [-0.39, 0.29) is 5.82 Å². The van der Waals surface area contributed by atoms with E-state index in [0.29, 0.717) is 17.0 Å². The predicted octanol–water partition coefficient (Wildman–Crippen LogP) is 4.08. The number of fused-ring (bicyclic) bond motifs is 1. The molecule has 0 unspecified atom stereocenters. The van der Waals surface area contributed by atoms with Gasteiger partial charge in [0.15, 0.2) is 11.6 Å². The fraction of sp³-hybridized carbons (Fsp3) is 0.250. The molecule has 0 amide bonds. The molecule has 0 radical (unpaired) electrons. The van der Waals surface area contributed by atoms with Crippen molar-refractivity contribution in [2.24, 2.45) is 0 Å². The van der Waals surface area contributed by atoms with Crippen LogP contribution in [0.4, 0.5) is 10.2 Å². The van der Waals surface area contributed by atoms with Gasteiger partial charge in [-0.25, -0.2) is 4.39 Å². The minimum Gasteiger partial charge on any atom is -0.454 e. The number of hydrogen-bond acceptors (Lipinski definition) is 4. The van der Waals surface area contributed by atoms with Crippen molar-refractivity contribution >= 4 is 16.8 Å². The molecule has 3 rings (SSSR count). The molecule has 0 aliphatic carbocycles. The summed E-state index contributed by atoms with van der Waals surface area (Å²) in [4.78, 5) is 0. The maximum atomic E-state index is 13.3. The normalized spacial score (nSPS) is 11.0. The van der Waals surface area contributed by atoms with Gasteiger partial charge in [0.25, 0.3) is 0 Å². The molecule has 1 aromatic carbocycles. The van der Waals surface area contributed by atoms with Gasteiger partial charge in [0.2, 0.25) is 0 Å². The van der Waals surface area contributed by atoms with Crippen LogP contribution in [0, 0.1) is 19.7 Å². The zero-order chi connectivity index (χ0) is 15.0. The van der Waals surface area contributed by atoms with Crippen molar-refractivity contribution in [3.8, 4) is 11.5 Å². The molecule has 0 bridgehead atoms. The van der Waals surface area contributed by atoms with Crippen LogP contribution in [-0.4, -0.2) is 16.7 Å². The Morgan fingerprint density at radius 1 is 1.14 bits per heavy atom. The summed E-state index contributed by atoms with van der Waals surface area (Å²) in [5.74, 6) is 1.10. The molecule has 0 atom stereocenters. The van der Waals surface area contributed by atoms with Gasteiger partial charge in [-0.1, -0.05) is 0 Å². The zero-order valence-electron chi connectivity index (χ0n) is 12.2. The van der Waals surface area contributed by atoms with Crippen LogP contribution >= 0.6 is 0 Å². The predicted molar refractivity (Wildman–Crippen MR) is 80.8 cm³/mol. The third kappa shape index (κ3) is 2.35. The Labute approximate surface area is 122 Å². The van der Waals surface area contributed by atoms with Crippen LogP contribution in [0.1, 0.15) is 18.1 Å². The molecule has 2 aromatic heterocycles. The van der Waals surface area contributed by atoms with Crippen LogP contribution in [0.25, 0.3) is 22.4 Å². The average molecular weight is 285 g/mol. The van der Waals surface area contributed by atoms with Crippen molar-refractivity contribution in [2.45, 2.75) is 20.8 Å². The first kappa shape index (κ1) is 13.5. The molecule has 0 fully saturated rings. The van der Waals surface area contributed by atoms with Crippen LogP contribution in [0.5, 0.6) is 0 Å². The van der Waals surface area contributed by atoms with Crippen molar-refractivity contribution in [2.75, 3.05) is 11.9 Å². The number of anilines is 1. The smallest absolute Gasteiger partial charge is 0.155 e. The first-order valence-electron chi connectivity index (χ1n) is 6.87. The third-order valence-corrected chi connectivity index (χ3v) is 3.58. The van der Waals surface area contributed by atoms with Crippen LogP contribution in [0.2, 0.25) is 0 Å². The number of rotatable bonds is 3. The van der Waals surface area contributed by atoms with E-state index in [4.69, 9.17) is 4.42 Å².